The summed E-state index contributed by atoms with van der Waals surface area (Å²) < 4.78 is 0. The minimum Gasteiger partial charge on any atom is -0.480 e. The van der Waals surface area contributed by atoms with Crippen LogP contribution in [0.15, 0.2) is 0 Å². The van der Waals surface area contributed by atoms with Gasteiger partial charge < -0.3 is 15.3 Å². The first-order valence-corrected chi connectivity index (χ1v) is 8.08. The monoisotopic (exact) mass is 295 g/mol. The second kappa shape index (κ2) is 5.48. The van der Waals surface area contributed by atoms with Gasteiger partial charge in [0.2, 0.25) is 0 Å². The van der Waals surface area contributed by atoms with Gasteiger partial charge in [0.1, 0.15) is 5.54 Å². The molecule has 3 rings (SSSR count). The van der Waals surface area contributed by atoms with Crippen molar-refractivity contribution in [2.24, 2.45) is 0 Å². The molecule has 1 saturated carbocycles. The van der Waals surface area contributed by atoms with Gasteiger partial charge in [0.05, 0.1) is 0 Å². The Hall–Kier alpha value is -1.30. The fourth-order valence-electron chi connectivity index (χ4n) is 4.12. The molecule has 0 bridgehead atoms. The topological polar surface area (TPSA) is 72.9 Å². The van der Waals surface area contributed by atoms with Crippen molar-refractivity contribution in [3.63, 3.8) is 0 Å². The lowest BCUT2D eigenvalue weighted by atomic mass is 9.98. The van der Waals surface area contributed by atoms with E-state index in [1.807, 2.05) is 4.90 Å². The summed E-state index contributed by atoms with van der Waals surface area (Å²) in [6.45, 7) is 4.81. The molecule has 118 valence electrons. The first-order chi connectivity index (χ1) is 10.0. The number of aliphatic carboxylic acids is 1. The van der Waals surface area contributed by atoms with Crippen molar-refractivity contribution in [1.82, 2.24) is 15.1 Å². The van der Waals surface area contributed by atoms with E-state index in [2.05, 4.69) is 17.1 Å². The zero-order chi connectivity index (χ0) is 15.0. The van der Waals surface area contributed by atoms with E-state index < -0.39 is 11.5 Å². The van der Waals surface area contributed by atoms with E-state index in [4.69, 9.17) is 0 Å². The maximum Gasteiger partial charge on any atom is 0.329 e. The number of hydrogen-bond donors (Lipinski definition) is 2. The molecule has 3 fully saturated rings. The number of nitrogens with one attached hydrogen (secondary N) is 1. The van der Waals surface area contributed by atoms with E-state index in [1.165, 1.54) is 6.42 Å². The Balaban J connectivity index is 1.68. The number of fused-ring (bicyclic) bond motifs is 1. The molecule has 21 heavy (non-hydrogen) atoms. The Kier molecular flexibility index (Phi) is 3.82. The molecule has 0 radical (unpaired) electrons. The number of rotatable bonds is 2. The van der Waals surface area contributed by atoms with Gasteiger partial charge in [0.25, 0.3) is 0 Å². The van der Waals surface area contributed by atoms with Crippen molar-refractivity contribution in [1.29, 1.82) is 0 Å². The van der Waals surface area contributed by atoms with E-state index in [-0.39, 0.29) is 12.1 Å². The van der Waals surface area contributed by atoms with Gasteiger partial charge in [-0.15, -0.1) is 0 Å². The van der Waals surface area contributed by atoms with Crippen molar-refractivity contribution in [3.8, 4) is 0 Å². The molecule has 3 aliphatic rings. The predicted molar refractivity (Wildman–Crippen MR) is 78.1 cm³/mol. The maximum absolute atomic E-state index is 12.6. The predicted octanol–water partition coefficient (Wildman–Crippen LogP) is 1.26. The van der Waals surface area contributed by atoms with Crippen LogP contribution in [0.3, 0.4) is 0 Å². The largest absolute Gasteiger partial charge is 0.480 e. The van der Waals surface area contributed by atoms with Gasteiger partial charge in [-0.2, -0.15) is 0 Å². The summed E-state index contributed by atoms with van der Waals surface area (Å²) in [5.41, 5.74) is -1.04. The summed E-state index contributed by atoms with van der Waals surface area (Å²) in [6, 6.07) is 0.404. The molecule has 2 atom stereocenters. The van der Waals surface area contributed by atoms with Gasteiger partial charge in [-0.3, -0.25) is 4.90 Å². The van der Waals surface area contributed by atoms with E-state index in [9.17, 15) is 14.7 Å². The molecule has 0 aromatic heterocycles. The Morgan fingerprint density at radius 1 is 1.19 bits per heavy atom. The first kappa shape index (κ1) is 14.6. The van der Waals surface area contributed by atoms with Gasteiger partial charge in [-0.1, -0.05) is 12.8 Å². The number of amides is 2. The highest BCUT2D eigenvalue weighted by atomic mass is 16.4. The van der Waals surface area contributed by atoms with Crippen LogP contribution in [0.2, 0.25) is 0 Å². The lowest BCUT2D eigenvalue weighted by Gasteiger charge is -2.43. The normalized spacial score (nSPS) is 32.0. The average molecular weight is 295 g/mol. The van der Waals surface area contributed by atoms with Crippen molar-refractivity contribution in [2.75, 3.05) is 19.6 Å². The van der Waals surface area contributed by atoms with Gasteiger partial charge in [-0.05, 0) is 39.2 Å². The van der Waals surface area contributed by atoms with Crippen LogP contribution in [0, 0.1) is 0 Å². The number of carboxylic acids is 1. The third-order valence-electron chi connectivity index (χ3n) is 5.41. The molecule has 2 saturated heterocycles. The first-order valence-electron chi connectivity index (χ1n) is 8.08. The second-order valence-electron chi connectivity index (χ2n) is 6.82. The Morgan fingerprint density at radius 3 is 2.57 bits per heavy atom. The molecule has 0 aromatic carbocycles. The molecule has 2 amide bonds. The molecule has 6 heteroatoms. The molecule has 2 aliphatic heterocycles. The molecule has 2 unspecified atom stereocenters. The van der Waals surface area contributed by atoms with E-state index in [0.29, 0.717) is 18.9 Å². The standard InChI is InChI=1S/C15H25N3O3/c1-11-9-17-8-4-5-12(17)10-18(11)14(21)16-15(13(19)20)6-2-3-7-15/h11-12H,2-10H2,1H3,(H,16,21)(H,19,20). The highest BCUT2D eigenvalue weighted by molar-refractivity contribution is 5.86. The Bertz CT molecular complexity index is 434. The number of carboxylic acid groups (broad SMARTS) is 1. The van der Waals surface area contributed by atoms with Gasteiger partial charge in [0.15, 0.2) is 0 Å². The van der Waals surface area contributed by atoms with Gasteiger partial charge in [0, 0.05) is 25.2 Å². The number of carbonyl (C=O) groups excluding carboxylic acids is 1. The summed E-state index contributed by atoms with van der Waals surface area (Å²) in [5.74, 6) is -0.888. The summed E-state index contributed by atoms with van der Waals surface area (Å²) >= 11 is 0. The zero-order valence-corrected chi connectivity index (χ0v) is 12.7. The Labute approximate surface area is 125 Å². The molecule has 6 nitrogen and oxygen atoms in total. The second-order valence-corrected chi connectivity index (χ2v) is 6.82. The third-order valence-corrected chi connectivity index (χ3v) is 5.41. The van der Waals surface area contributed by atoms with Gasteiger partial charge >= 0.3 is 12.0 Å². The SMILES string of the molecule is CC1CN2CCCC2CN1C(=O)NC1(C(=O)O)CCCC1. The van der Waals surface area contributed by atoms with Crippen molar-refractivity contribution in [2.45, 2.75) is 63.1 Å². The highest BCUT2D eigenvalue weighted by Gasteiger charge is 2.45. The number of urea groups is 1. The lowest BCUT2D eigenvalue weighted by molar-refractivity contribution is -0.144. The smallest absolute Gasteiger partial charge is 0.329 e. The van der Waals surface area contributed by atoms with Crippen LogP contribution in [0.5, 0.6) is 0 Å². The average Bonchev–Trinajstić information content (AvgIpc) is 3.06. The molecular weight excluding hydrogens is 270 g/mol. The molecule has 0 aromatic rings. The maximum atomic E-state index is 12.6. The number of hydrogen-bond acceptors (Lipinski definition) is 3. The van der Waals surface area contributed by atoms with Crippen molar-refractivity contribution >= 4 is 12.0 Å². The summed E-state index contributed by atoms with van der Waals surface area (Å²) in [7, 11) is 0. The molecule has 2 heterocycles. The Morgan fingerprint density at radius 2 is 1.90 bits per heavy atom. The van der Waals surface area contributed by atoms with Gasteiger partial charge in [-0.25, -0.2) is 9.59 Å². The quantitative estimate of drug-likeness (QED) is 0.804. The molecular formula is C15H25N3O3. The summed E-state index contributed by atoms with van der Waals surface area (Å²) in [4.78, 5) is 28.5. The number of carbonyl (C=O) groups is 2. The third kappa shape index (κ3) is 2.61. The van der Waals surface area contributed by atoms with Crippen LogP contribution >= 0.6 is 0 Å². The minimum absolute atomic E-state index is 0.145. The zero-order valence-electron chi connectivity index (χ0n) is 12.7. The lowest BCUT2D eigenvalue weighted by Crippen LogP contribution is -2.63. The molecule has 1 aliphatic carbocycles. The summed E-state index contributed by atoms with van der Waals surface area (Å²) in [5, 5.41) is 12.3. The van der Waals surface area contributed by atoms with Crippen molar-refractivity contribution in [3.05, 3.63) is 0 Å². The van der Waals surface area contributed by atoms with E-state index in [1.54, 1.807) is 0 Å². The fourth-order valence-corrected chi connectivity index (χ4v) is 4.12. The van der Waals surface area contributed by atoms with Crippen LogP contribution in [-0.2, 0) is 4.79 Å². The van der Waals surface area contributed by atoms with E-state index in [0.717, 1.165) is 38.9 Å². The van der Waals surface area contributed by atoms with Crippen LogP contribution in [-0.4, -0.2) is 64.2 Å². The van der Waals surface area contributed by atoms with E-state index >= 15 is 0 Å². The number of piperazine rings is 1. The fraction of sp³-hybridized carbons (Fsp3) is 0.867. The molecule has 2 N–H and O–H groups in total. The minimum atomic E-state index is -1.04. The summed E-state index contributed by atoms with van der Waals surface area (Å²) in [6.07, 6.45) is 5.18. The van der Waals surface area contributed by atoms with Crippen LogP contribution in [0.1, 0.15) is 45.4 Å². The molecule has 0 spiro atoms. The number of nitrogens with zero attached hydrogens (tertiary/aromatic N) is 2. The highest BCUT2D eigenvalue weighted by Crippen LogP contribution is 2.31. The van der Waals surface area contributed by atoms with Crippen LogP contribution in [0.4, 0.5) is 4.79 Å². The van der Waals surface area contributed by atoms with Crippen LogP contribution in [0.25, 0.3) is 0 Å². The van der Waals surface area contributed by atoms with Crippen LogP contribution < -0.4 is 5.32 Å². The van der Waals surface area contributed by atoms with Crippen molar-refractivity contribution < 1.29 is 14.7 Å².